The second kappa shape index (κ2) is 8.34. The third-order valence-electron chi connectivity index (χ3n) is 4.15. The van der Waals surface area contributed by atoms with Crippen LogP contribution in [0, 0.1) is 0 Å². The number of nitrogens with one attached hydrogen (secondary N) is 1. The zero-order valence-corrected chi connectivity index (χ0v) is 14.5. The Labute approximate surface area is 148 Å². The summed E-state index contributed by atoms with van der Waals surface area (Å²) < 4.78 is 5.70. The topological polar surface area (TPSA) is 38.3 Å². The van der Waals surface area contributed by atoms with E-state index >= 15 is 0 Å². The maximum atomic E-state index is 12.4. The summed E-state index contributed by atoms with van der Waals surface area (Å²) in [6.07, 6.45) is 2.22. The summed E-state index contributed by atoms with van der Waals surface area (Å²) in [5, 5.41) is 4.96. The first kappa shape index (κ1) is 17.0. The number of aryl methyl sites for hydroxylation is 1. The van der Waals surface area contributed by atoms with Crippen molar-refractivity contribution in [3.63, 3.8) is 0 Å². The molecule has 1 N–H and O–H groups in total. The van der Waals surface area contributed by atoms with Crippen LogP contribution in [0.15, 0.2) is 66.7 Å². The van der Waals surface area contributed by atoms with Crippen molar-refractivity contribution in [2.24, 2.45) is 0 Å². The Hall–Kier alpha value is -2.81. The Bertz CT molecular complexity index is 835. The van der Waals surface area contributed by atoms with Crippen LogP contribution in [0.5, 0.6) is 5.75 Å². The van der Waals surface area contributed by atoms with Gasteiger partial charge in [-0.25, -0.2) is 0 Å². The van der Waals surface area contributed by atoms with E-state index in [1.165, 1.54) is 5.56 Å². The highest BCUT2D eigenvalue weighted by atomic mass is 16.5. The Morgan fingerprint density at radius 1 is 0.960 bits per heavy atom. The molecule has 0 atom stereocenters. The number of benzene rings is 3. The van der Waals surface area contributed by atoms with Crippen molar-refractivity contribution in [3.8, 4) is 5.75 Å². The molecule has 0 radical (unpaired) electrons. The summed E-state index contributed by atoms with van der Waals surface area (Å²) in [6, 6.07) is 21.8. The average molecular weight is 333 g/mol. The van der Waals surface area contributed by atoms with Gasteiger partial charge in [-0.2, -0.15) is 0 Å². The van der Waals surface area contributed by atoms with E-state index in [4.69, 9.17) is 4.74 Å². The summed E-state index contributed by atoms with van der Waals surface area (Å²) in [5.41, 5.74) is 2.01. The van der Waals surface area contributed by atoms with Gasteiger partial charge in [0, 0.05) is 5.56 Å². The summed E-state index contributed by atoms with van der Waals surface area (Å²) in [7, 11) is 0. The standard InChI is InChI=1S/C22H23NO2/c1-2-6-17-11-13-19(14-12-17)25-16-15-23-22(24)21-10-5-8-18-7-3-4-9-20(18)21/h3-5,7-14H,2,6,15-16H2,1H3,(H,23,24). The zero-order valence-electron chi connectivity index (χ0n) is 14.5. The van der Waals surface area contributed by atoms with Gasteiger partial charge < -0.3 is 10.1 Å². The lowest BCUT2D eigenvalue weighted by atomic mass is 10.0. The molecule has 3 nitrogen and oxygen atoms in total. The van der Waals surface area contributed by atoms with Crippen LogP contribution in [0.25, 0.3) is 10.8 Å². The van der Waals surface area contributed by atoms with E-state index in [0.29, 0.717) is 18.7 Å². The summed E-state index contributed by atoms with van der Waals surface area (Å²) in [4.78, 5) is 12.4. The second-order valence-electron chi connectivity index (χ2n) is 6.03. The van der Waals surface area contributed by atoms with Gasteiger partial charge in [-0.3, -0.25) is 4.79 Å². The molecule has 0 heterocycles. The predicted octanol–water partition coefficient (Wildman–Crippen LogP) is 4.60. The maximum absolute atomic E-state index is 12.4. The van der Waals surface area contributed by atoms with Crippen molar-refractivity contribution < 1.29 is 9.53 Å². The summed E-state index contributed by atoms with van der Waals surface area (Å²) >= 11 is 0. The fraction of sp³-hybridized carbons (Fsp3) is 0.227. The van der Waals surface area contributed by atoms with E-state index in [-0.39, 0.29) is 5.91 Å². The first-order valence-electron chi connectivity index (χ1n) is 8.75. The maximum Gasteiger partial charge on any atom is 0.252 e. The van der Waals surface area contributed by atoms with Crippen LogP contribution in [0.2, 0.25) is 0 Å². The molecule has 0 aliphatic carbocycles. The minimum atomic E-state index is -0.0707. The predicted molar refractivity (Wildman–Crippen MR) is 102 cm³/mol. The molecule has 0 saturated heterocycles. The molecule has 0 unspecified atom stereocenters. The van der Waals surface area contributed by atoms with E-state index in [2.05, 4.69) is 24.4 Å². The van der Waals surface area contributed by atoms with Crippen LogP contribution in [-0.2, 0) is 6.42 Å². The molecule has 0 spiro atoms. The molecule has 0 aromatic heterocycles. The fourth-order valence-electron chi connectivity index (χ4n) is 2.89. The molecule has 1 amide bonds. The number of carbonyl (C=O) groups is 1. The number of hydrogen-bond acceptors (Lipinski definition) is 2. The molecule has 0 fully saturated rings. The smallest absolute Gasteiger partial charge is 0.252 e. The lowest BCUT2D eigenvalue weighted by Crippen LogP contribution is -2.28. The van der Waals surface area contributed by atoms with E-state index < -0.39 is 0 Å². The normalized spacial score (nSPS) is 10.6. The minimum absolute atomic E-state index is 0.0707. The molecule has 25 heavy (non-hydrogen) atoms. The lowest BCUT2D eigenvalue weighted by Gasteiger charge is -2.10. The average Bonchev–Trinajstić information content (AvgIpc) is 2.66. The molecule has 3 heteroatoms. The zero-order chi connectivity index (χ0) is 17.5. The third kappa shape index (κ3) is 4.38. The number of amides is 1. The van der Waals surface area contributed by atoms with Gasteiger partial charge in [0.25, 0.3) is 5.91 Å². The molecule has 0 aliphatic rings. The van der Waals surface area contributed by atoms with E-state index in [9.17, 15) is 4.79 Å². The Morgan fingerprint density at radius 3 is 2.52 bits per heavy atom. The van der Waals surface area contributed by atoms with E-state index in [1.54, 1.807) is 0 Å². The first-order chi connectivity index (χ1) is 12.3. The number of rotatable bonds is 7. The molecule has 3 rings (SSSR count). The lowest BCUT2D eigenvalue weighted by molar-refractivity contribution is 0.0948. The van der Waals surface area contributed by atoms with Crippen molar-refractivity contribution in [2.75, 3.05) is 13.2 Å². The largest absolute Gasteiger partial charge is 0.492 e. The van der Waals surface area contributed by atoms with Crippen LogP contribution < -0.4 is 10.1 Å². The molecule has 3 aromatic carbocycles. The molecular weight excluding hydrogens is 310 g/mol. The van der Waals surface area contributed by atoms with Crippen molar-refractivity contribution in [1.29, 1.82) is 0 Å². The van der Waals surface area contributed by atoms with Gasteiger partial charge in [0.05, 0.1) is 6.54 Å². The first-order valence-corrected chi connectivity index (χ1v) is 8.75. The number of fused-ring (bicyclic) bond motifs is 1. The Balaban J connectivity index is 1.52. The van der Waals surface area contributed by atoms with Gasteiger partial charge in [-0.1, -0.05) is 61.9 Å². The molecule has 0 aliphatic heterocycles. The van der Waals surface area contributed by atoms with E-state index in [0.717, 1.165) is 29.4 Å². The van der Waals surface area contributed by atoms with Gasteiger partial charge in [0.1, 0.15) is 12.4 Å². The minimum Gasteiger partial charge on any atom is -0.492 e. The second-order valence-corrected chi connectivity index (χ2v) is 6.03. The van der Waals surface area contributed by atoms with Crippen molar-refractivity contribution in [2.45, 2.75) is 19.8 Å². The molecule has 128 valence electrons. The Kier molecular flexibility index (Phi) is 5.68. The summed E-state index contributed by atoms with van der Waals surface area (Å²) in [5.74, 6) is 0.762. The van der Waals surface area contributed by atoms with Crippen LogP contribution in [0.1, 0.15) is 29.3 Å². The molecular formula is C22H23NO2. The van der Waals surface area contributed by atoms with Crippen LogP contribution in [-0.4, -0.2) is 19.1 Å². The molecule has 0 saturated carbocycles. The highest BCUT2D eigenvalue weighted by molar-refractivity contribution is 6.06. The third-order valence-corrected chi connectivity index (χ3v) is 4.15. The Morgan fingerprint density at radius 2 is 1.72 bits per heavy atom. The quantitative estimate of drug-likeness (QED) is 0.642. The van der Waals surface area contributed by atoms with Crippen molar-refractivity contribution in [1.82, 2.24) is 5.32 Å². The van der Waals surface area contributed by atoms with Crippen LogP contribution in [0.3, 0.4) is 0 Å². The molecule has 3 aromatic rings. The SMILES string of the molecule is CCCc1ccc(OCCNC(=O)c2cccc3ccccc23)cc1. The number of ether oxygens (including phenoxy) is 1. The van der Waals surface area contributed by atoms with Gasteiger partial charge in [0.15, 0.2) is 0 Å². The summed E-state index contributed by atoms with van der Waals surface area (Å²) in [6.45, 7) is 3.09. The van der Waals surface area contributed by atoms with Crippen molar-refractivity contribution >= 4 is 16.7 Å². The van der Waals surface area contributed by atoms with Gasteiger partial charge in [-0.05, 0) is 41.0 Å². The van der Waals surface area contributed by atoms with Crippen LogP contribution >= 0.6 is 0 Å². The number of carbonyl (C=O) groups excluding carboxylic acids is 1. The van der Waals surface area contributed by atoms with Crippen molar-refractivity contribution in [3.05, 3.63) is 77.9 Å². The van der Waals surface area contributed by atoms with E-state index in [1.807, 2.05) is 54.6 Å². The fourth-order valence-corrected chi connectivity index (χ4v) is 2.89. The highest BCUT2D eigenvalue weighted by Crippen LogP contribution is 2.18. The van der Waals surface area contributed by atoms with Crippen LogP contribution in [0.4, 0.5) is 0 Å². The highest BCUT2D eigenvalue weighted by Gasteiger charge is 2.08. The molecule has 0 bridgehead atoms. The van der Waals surface area contributed by atoms with Gasteiger partial charge >= 0.3 is 0 Å². The van der Waals surface area contributed by atoms with Gasteiger partial charge in [-0.15, -0.1) is 0 Å². The number of hydrogen-bond donors (Lipinski definition) is 1. The van der Waals surface area contributed by atoms with Gasteiger partial charge in [0.2, 0.25) is 0 Å². The monoisotopic (exact) mass is 333 g/mol.